The number of fused-ring (bicyclic) bond motifs is 1. The van der Waals surface area contributed by atoms with E-state index in [9.17, 15) is 0 Å². The molecule has 0 aliphatic carbocycles. The normalized spacial score (nSPS) is 23.6. The van der Waals surface area contributed by atoms with Crippen LogP contribution in [0.15, 0.2) is 36.5 Å². The number of hydrogen-bond acceptors (Lipinski definition) is 2. The highest BCUT2D eigenvalue weighted by Crippen LogP contribution is 2.29. The lowest BCUT2D eigenvalue weighted by Crippen LogP contribution is -2.46. The van der Waals surface area contributed by atoms with Gasteiger partial charge in [0.1, 0.15) is 0 Å². The molecule has 106 valence electrons. The number of nitrogens with one attached hydrogen (secondary N) is 1. The van der Waals surface area contributed by atoms with Gasteiger partial charge < -0.3 is 5.32 Å². The summed E-state index contributed by atoms with van der Waals surface area (Å²) in [5.41, 5.74) is 2.83. The highest BCUT2D eigenvalue weighted by atomic mass is 15.0. The molecule has 0 saturated carbocycles. The Morgan fingerprint density at radius 2 is 2.05 bits per heavy atom. The van der Waals surface area contributed by atoms with E-state index in [1.54, 1.807) is 0 Å². The fourth-order valence-corrected chi connectivity index (χ4v) is 3.46. The number of para-hydroxylation sites is 1. The van der Waals surface area contributed by atoms with Crippen molar-refractivity contribution < 1.29 is 0 Å². The van der Waals surface area contributed by atoms with Crippen LogP contribution in [0.4, 0.5) is 0 Å². The van der Waals surface area contributed by atoms with Crippen molar-refractivity contribution in [3.63, 3.8) is 0 Å². The molecule has 2 aromatic rings. The maximum atomic E-state index is 4.48. The maximum absolute atomic E-state index is 4.48. The molecular weight excluding hydrogens is 244 g/mol. The summed E-state index contributed by atoms with van der Waals surface area (Å²) in [6.45, 7) is 3.48. The zero-order valence-electron chi connectivity index (χ0n) is 12.4. The first-order valence-corrected chi connectivity index (χ1v) is 7.91. The molecule has 1 N–H and O–H groups in total. The molecule has 0 bridgehead atoms. The van der Waals surface area contributed by atoms with Crippen LogP contribution in [0.1, 0.15) is 44.6 Å². The van der Waals surface area contributed by atoms with E-state index >= 15 is 0 Å². The lowest BCUT2D eigenvalue weighted by molar-refractivity contribution is 0.303. The van der Waals surface area contributed by atoms with Crippen molar-refractivity contribution in [1.29, 1.82) is 0 Å². The third kappa shape index (κ3) is 2.71. The van der Waals surface area contributed by atoms with Crippen molar-refractivity contribution in [3.05, 3.63) is 42.1 Å². The van der Waals surface area contributed by atoms with Gasteiger partial charge in [-0.15, -0.1) is 0 Å². The molecule has 1 unspecified atom stereocenters. The van der Waals surface area contributed by atoms with Crippen LogP contribution < -0.4 is 5.32 Å². The van der Waals surface area contributed by atoms with E-state index in [0.29, 0.717) is 0 Å². The number of aromatic nitrogens is 1. The molecule has 1 atom stereocenters. The van der Waals surface area contributed by atoms with Gasteiger partial charge in [0, 0.05) is 17.1 Å². The molecule has 2 nitrogen and oxygen atoms in total. The van der Waals surface area contributed by atoms with Crippen molar-refractivity contribution in [2.45, 2.75) is 51.0 Å². The van der Waals surface area contributed by atoms with Crippen molar-refractivity contribution in [3.8, 4) is 0 Å². The van der Waals surface area contributed by atoms with Crippen LogP contribution in [0, 0.1) is 0 Å². The Bertz CT molecular complexity index is 563. The largest absolute Gasteiger partial charge is 0.311 e. The summed E-state index contributed by atoms with van der Waals surface area (Å²) in [5.74, 6) is 0. The molecule has 1 aromatic carbocycles. The van der Waals surface area contributed by atoms with Crippen LogP contribution in [0.5, 0.6) is 0 Å². The molecule has 1 saturated heterocycles. The molecule has 1 aromatic heterocycles. The van der Waals surface area contributed by atoms with Gasteiger partial charge in [-0.3, -0.25) is 4.98 Å². The lowest BCUT2D eigenvalue weighted by Gasteiger charge is -2.33. The van der Waals surface area contributed by atoms with Crippen LogP contribution in [-0.4, -0.2) is 17.1 Å². The molecule has 0 radical (unpaired) electrons. The SMILES string of the molecule is CCC1(Cc2ccnc3ccccc23)CCCCCN1. The molecule has 2 heterocycles. The van der Waals surface area contributed by atoms with Crippen LogP contribution >= 0.6 is 0 Å². The third-order valence-corrected chi connectivity index (χ3v) is 4.78. The Morgan fingerprint density at radius 3 is 2.95 bits per heavy atom. The predicted molar refractivity (Wildman–Crippen MR) is 84.9 cm³/mol. The predicted octanol–water partition coefficient (Wildman–Crippen LogP) is 4.09. The van der Waals surface area contributed by atoms with Gasteiger partial charge in [-0.1, -0.05) is 38.0 Å². The number of hydrogen-bond donors (Lipinski definition) is 1. The Hall–Kier alpha value is -1.41. The Morgan fingerprint density at radius 1 is 1.15 bits per heavy atom. The zero-order valence-corrected chi connectivity index (χ0v) is 12.4. The maximum Gasteiger partial charge on any atom is 0.0704 e. The topological polar surface area (TPSA) is 24.9 Å². The van der Waals surface area contributed by atoms with Crippen LogP contribution in [0.2, 0.25) is 0 Å². The second-order valence-electron chi connectivity index (χ2n) is 6.04. The van der Waals surface area contributed by atoms with E-state index in [1.807, 2.05) is 6.20 Å². The van der Waals surface area contributed by atoms with Gasteiger partial charge in [-0.2, -0.15) is 0 Å². The highest BCUT2D eigenvalue weighted by Gasteiger charge is 2.29. The Labute approximate surface area is 121 Å². The van der Waals surface area contributed by atoms with Gasteiger partial charge >= 0.3 is 0 Å². The third-order valence-electron chi connectivity index (χ3n) is 4.78. The molecule has 1 aliphatic heterocycles. The standard InChI is InChI=1S/C18H24N2/c1-2-18(11-6-3-7-12-20-18)14-15-10-13-19-17-9-5-4-8-16(15)17/h4-5,8-10,13,20H,2-3,6-7,11-12,14H2,1H3. The number of nitrogens with zero attached hydrogens (tertiary/aromatic N) is 1. The summed E-state index contributed by atoms with van der Waals surface area (Å²) >= 11 is 0. The van der Waals surface area contributed by atoms with Gasteiger partial charge in [-0.25, -0.2) is 0 Å². The fraction of sp³-hybridized carbons (Fsp3) is 0.500. The molecule has 3 rings (SSSR count). The van der Waals surface area contributed by atoms with E-state index < -0.39 is 0 Å². The second-order valence-corrected chi connectivity index (χ2v) is 6.04. The summed E-state index contributed by atoms with van der Waals surface area (Å²) in [5, 5.41) is 5.15. The van der Waals surface area contributed by atoms with Gasteiger partial charge in [0.15, 0.2) is 0 Å². The van der Waals surface area contributed by atoms with Crippen LogP contribution in [0.25, 0.3) is 10.9 Å². The molecule has 1 fully saturated rings. The summed E-state index contributed by atoms with van der Waals surface area (Å²) in [6.07, 6.45) is 9.60. The van der Waals surface area contributed by atoms with Crippen molar-refractivity contribution in [1.82, 2.24) is 10.3 Å². The van der Waals surface area contributed by atoms with Crippen LogP contribution in [0.3, 0.4) is 0 Å². The second kappa shape index (κ2) is 5.92. The first kappa shape index (κ1) is 13.6. The first-order chi connectivity index (χ1) is 9.83. The number of rotatable bonds is 3. The van der Waals surface area contributed by atoms with Crippen LogP contribution in [-0.2, 0) is 6.42 Å². The van der Waals surface area contributed by atoms with E-state index in [1.165, 1.54) is 43.1 Å². The van der Waals surface area contributed by atoms with E-state index in [4.69, 9.17) is 0 Å². The van der Waals surface area contributed by atoms with Gasteiger partial charge in [0.25, 0.3) is 0 Å². The monoisotopic (exact) mass is 268 g/mol. The zero-order chi connectivity index (χ0) is 13.8. The summed E-state index contributed by atoms with van der Waals surface area (Å²) in [7, 11) is 0. The van der Waals surface area contributed by atoms with Crippen molar-refractivity contribution >= 4 is 10.9 Å². The molecule has 20 heavy (non-hydrogen) atoms. The van der Waals surface area contributed by atoms with E-state index in [2.05, 4.69) is 47.6 Å². The number of pyridine rings is 1. The quantitative estimate of drug-likeness (QED) is 0.907. The van der Waals surface area contributed by atoms with E-state index in [-0.39, 0.29) is 5.54 Å². The van der Waals surface area contributed by atoms with Gasteiger partial charge in [0.2, 0.25) is 0 Å². The van der Waals surface area contributed by atoms with Crippen molar-refractivity contribution in [2.24, 2.45) is 0 Å². The summed E-state index contributed by atoms with van der Waals surface area (Å²) in [4.78, 5) is 4.48. The average Bonchev–Trinajstić information content (AvgIpc) is 2.74. The van der Waals surface area contributed by atoms with E-state index in [0.717, 1.165) is 18.5 Å². The smallest absolute Gasteiger partial charge is 0.0704 e. The molecular formula is C18H24N2. The minimum Gasteiger partial charge on any atom is -0.311 e. The average molecular weight is 268 g/mol. The molecule has 0 amide bonds. The summed E-state index contributed by atoms with van der Waals surface area (Å²) < 4.78 is 0. The molecule has 1 aliphatic rings. The fourth-order valence-electron chi connectivity index (χ4n) is 3.46. The Balaban J connectivity index is 1.94. The lowest BCUT2D eigenvalue weighted by atomic mass is 9.83. The minimum atomic E-state index is 0.278. The van der Waals surface area contributed by atoms with Crippen molar-refractivity contribution in [2.75, 3.05) is 6.54 Å². The number of benzene rings is 1. The minimum absolute atomic E-state index is 0.278. The highest BCUT2D eigenvalue weighted by molar-refractivity contribution is 5.81. The molecule has 2 heteroatoms. The molecule has 0 spiro atoms. The van der Waals surface area contributed by atoms with Gasteiger partial charge in [-0.05, 0) is 49.9 Å². The Kier molecular flexibility index (Phi) is 4.02. The summed E-state index contributed by atoms with van der Waals surface area (Å²) in [6, 6.07) is 10.7. The van der Waals surface area contributed by atoms with Gasteiger partial charge in [0.05, 0.1) is 5.52 Å². The first-order valence-electron chi connectivity index (χ1n) is 7.91.